The van der Waals surface area contributed by atoms with Gasteiger partial charge in [-0.05, 0) is 53.4 Å². The normalized spacial score (nSPS) is 11.1. The van der Waals surface area contributed by atoms with Crippen LogP contribution in [0.1, 0.15) is 38.7 Å². The number of oxazole rings is 1. The van der Waals surface area contributed by atoms with Crippen molar-refractivity contribution < 1.29 is 9.21 Å². The third-order valence-electron chi connectivity index (χ3n) is 5.62. The van der Waals surface area contributed by atoms with E-state index in [0.29, 0.717) is 16.5 Å². The zero-order valence-corrected chi connectivity index (χ0v) is 19.6. The SMILES string of the molecule is Cc1ccc2oc(SCc3cccc(C(=O)NC(c4ccccc4)c4ccccc4)c3)nc2c1. The van der Waals surface area contributed by atoms with Crippen molar-refractivity contribution in [3.05, 3.63) is 131 Å². The van der Waals surface area contributed by atoms with Crippen molar-refractivity contribution >= 4 is 28.8 Å². The molecule has 1 N–H and O–H groups in total. The summed E-state index contributed by atoms with van der Waals surface area (Å²) in [5.41, 5.74) is 6.55. The molecule has 0 aliphatic rings. The minimum atomic E-state index is -0.226. The Morgan fingerprint density at radius 2 is 1.59 bits per heavy atom. The van der Waals surface area contributed by atoms with Gasteiger partial charge in [-0.1, -0.05) is 90.6 Å². The molecule has 0 unspecified atom stereocenters. The topological polar surface area (TPSA) is 55.1 Å². The Bertz CT molecular complexity index is 1370. The maximum absolute atomic E-state index is 13.2. The number of amides is 1. The zero-order chi connectivity index (χ0) is 23.3. The van der Waals surface area contributed by atoms with Gasteiger partial charge in [0, 0.05) is 11.3 Å². The molecule has 0 aliphatic carbocycles. The van der Waals surface area contributed by atoms with Gasteiger partial charge in [0.2, 0.25) is 0 Å². The molecule has 0 spiro atoms. The molecule has 1 amide bonds. The van der Waals surface area contributed by atoms with Crippen LogP contribution in [0.25, 0.3) is 11.1 Å². The Balaban J connectivity index is 1.32. The van der Waals surface area contributed by atoms with E-state index in [9.17, 15) is 4.79 Å². The van der Waals surface area contributed by atoms with Gasteiger partial charge in [-0.25, -0.2) is 4.98 Å². The van der Waals surface area contributed by atoms with Crippen molar-refractivity contribution in [2.45, 2.75) is 23.9 Å². The number of hydrogen-bond donors (Lipinski definition) is 1. The fraction of sp³-hybridized carbons (Fsp3) is 0.103. The Kier molecular flexibility index (Phi) is 6.45. The summed E-state index contributed by atoms with van der Waals surface area (Å²) >= 11 is 1.52. The third kappa shape index (κ3) is 5.05. The summed E-state index contributed by atoms with van der Waals surface area (Å²) in [5.74, 6) is 0.551. The van der Waals surface area contributed by atoms with Crippen LogP contribution in [-0.4, -0.2) is 10.9 Å². The zero-order valence-electron chi connectivity index (χ0n) is 18.8. The van der Waals surface area contributed by atoms with E-state index in [-0.39, 0.29) is 11.9 Å². The number of nitrogens with zero attached hydrogens (tertiary/aromatic N) is 1. The predicted molar refractivity (Wildman–Crippen MR) is 137 cm³/mol. The van der Waals surface area contributed by atoms with Gasteiger partial charge in [0.05, 0.1) is 6.04 Å². The summed E-state index contributed by atoms with van der Waals surface area (Å²) in [6.45, 7) is 2.04. The van der Waals surface area contributed by atoms with E-state index in [0.717, 1.165) is 33.4 Å². The first-order valence-electron chi connectivity index (χ1n) is 11.2. The van der Waals surface area contributed by atoms with Crippen molar-refractivity contribution in [2.24, 2.45) is 0 Å². The number of carbonyl (C=O) groups excluding carboxylic acids is 1. The molecule has 0 atom stereocenters. The van der Waals surface area contributed by atoms with Gasteiger partial charge < -0.3 is 9.73 Å². The van der Waals surface area contributed by atoms with E-state index in [1.807, 2.05) is 110 Å². The summed E-state index contributed by atoms with van der Waals surface area (Å²) in [6.07, 6.45) is 0. The molecule has 34 heavy (non-hydrogen) atoms. The maximum atomic E-state index is 13.2. The second-order valence-corrected chi connectivity index (χ2v) is 9.09. The van der Waals surface area contributed by atoms with Crippen molar-refractivity contribution in [3.8, 4) is 0 Å². The molecule has 5 rings (SSSR count). The summed E-state index contributed by atoms with van der Waals surface area (Å²) in [4.78, 5) is 17.8. The first kappa shape index (κ1) is 22.0. The lowest BCUT2D eigenvalue weighted by Crippen LogP contribution is -2.29. The quantitative estimate of drug-likeness (QED) is 0.265. The molecule has 1 heterocycles. The predicted octanol–water partition coefficient (Wildman–Crippen LogP) is 6.95. The Hall–Kier alpha value is -3.83. The van der Waals surface area contributed by atoms with E-state index < -0.39 is 0 Å². The number of rotatable bonds is 7. The van der Waals surface area contributed by atoms with E-state index >= 15 is 0 Å². The number of benzene rings is 4. The Labute approximate surface area is 203 Å². The van der Waals surface area contributed by atoms with Gasteiger partial charge in [-0.3, -0.25) is 4.79 Å². The average molecular weight is 465 g/mol. The molecule has 0 saturated heterocycles. The van der Waals surface area contributed by atoms with E-state index in [1.54, 1.807) is 0 Å². The molecule has 5 heteroatoms. The van der Waals surface area contributed by atoms with Crippen LogP contribution in [0.4, 0.5) is 0 Å². The molecule has 4 nitrogen and oxygen atoms in total. The molecule has 4 aromatic carbocycles. The molecule has 0 saturated carbocycles. The van der Waals surface area contributed by atoms with Crippen molar-refractivity contribution in [1.82, 2.24) is 10.3 Å². The number of aromatic nitrogens is 1. The fourth-order valence-electron chi connectivity index (χ4n) is 3.89. The van der Waals surface area contributed by atoms with Crippen molar-refractivity contribution in [3.63, 3.8) is 0 Å². The maximum Gasteiger partial charge on any atom is 0.257 e. The summed E-state index contributed by atoms with van der Waals surface area (Å²) in [5, 5.41) is 3.84. The second-order valence-electron chi connectivity index (χ2n) is 8.17. The van der Waals surface area contributed by atoms with Crippen molar-refractivity contribution in [2.75, 3.05) is 0 Å². The molecular formula is C29H24N2O2S. The summed E-state index contributed by atoms with van der Waals surface area (Å²) in [6, 6.07) is 33.5. The minimum Gasteiger partial charge on any atom is -0.431 e. The number of fused-ring (bicyclic) bond motifs is 1. The van der Waals surface area contributed by atoms with Gasteiger partial charge in [-0.2, -0.15) is 0 Å². The van der Waals surface area contributed by atoms with Gasteiger partial charge in [0.25, 0.3) is 11.1 Å². The van der Waals surface area contributed by atoms with Crippen LogP contribution in [0, 0.1) is 6.92 Å². The van der Waals surface area contributed by atoms with Crippen LogP contribution < -0.4 is 5.32 Å². The molecule has 1 aromatic heterocycles. The Morgan fingerprint density at radius 3 is 2.29 bits per heavy atom. The Morgan fingerprint density at radius 1 is 0.882 bits per heavy atom. The van der Waals surface area contributed by atoms with Crippen LogP contribution >= 0.6 is 11.8 Å². The highest BCUT2D eigenvalue weighted by Gasteiger charge is 2.18. The lowest BCUT2D eigenvalue weighted by molar-refractivity contribution is 0.0943. The largest absolute Gasteiger partial charge is 0.431 e. The summed E-state index contributed by atoms with van der Waals surface area (Å²) < 4.78 is 5.85. The highest BCUT2D eigenvalue weighted by molar-refractivity contribution is 7.98. The van der Waals surface area contributed by atoms with E-state index in [1.165, 1.54) is 11.8 Å². The first-order chi connectivity index (χ1) is 16.7. The van der Waals surface area contributed by atoms with Crippen molar-refractivity contribution in [1.29, 1.82) is 0 Å². The minimum absolute atomic E-state index is 0.109. The number of thioether (sulfide) groups is 1. The van der Waals surface area contributed by atoms with Gasteiger partial charge >= 0.3 is 0 Å². The lowest BCUT2D eigenvalue weighted by Gasteiger charge is -2.20. The molecule has 0 bridgehead atoms. The number of hydrogen-bond acceptors (Lipinski definition) is 4. The van der Waals surface area contributed by atoms with Crippen LogP contribution in [0.5, 0.6) is 0 Å². The smallest absolute Gasteiger partial charge is 0.257 e. The number of carbonyl (C=O) groups is 1. The molecule has 5 aromatic rings. The van der Waals surface area contributed by atoms with Crippen LogP contribution in [0.2, 0.25) is 0 Å². The molecule has 168 valence electrons. The molecule has 0 aliphatic heterocycles. The number of nitrogens with one attached hydrogen (secondary N) is 1. The average Bonchev–Trinajstić information content (AvgIpc) is 3.29. The third-order valence-corrected chi connectivity index (χ3v) is 6.52. The molecular weight excluding hydrogens is 440 g/mol. The second kappa shape index (κ2) is 9.98. The standard InChI is InChI=1S/C29H24N2O2S/c1-20-15-16-26-25(17-20)30-29(33-26)34-19-21-9-8-14-24(18-21)28(32)31-27(22-10-4-2-5-11-22)23-12-6-3-7-13-23/h2-18,27H,19H2,1H3,(H,31,32). The van der Waals surface area contributed by atoms with Gasteiger partial charge in [0.1, 0.15) is 5.52 Å². The summed E-state index contributed by atoms with van der Waals surface area (Å²) in [7, 11) is 0. The van der Waals surface area contributed by atoms with E-state index in [2.05, 4.69) is 10.3 Å². The fourth-order valence-corrected chi connectivity index (χ4v) is 4.67. The molecule has 0 fully saturated rings. The van der Waals surface area contributed by atoms with Gasteiger partial charge in [0.15, 0.2) is 5.58 Å². The molecule has 0 radical (unpaired) electrons. The van der Waals surface area contributed by atoms with E-state index in [4.69, 9.17) is 4.42 Å². The van der Waals surface area contributed by atoms with Crippen LogP contribution in [-0.2, 0) is 5.75 Å². The highest BCUT2D eigenvalue weighted by atomic mass is 32.2. The van der Waals surface area contributed by atoms with Crippen LogP contribution in [0.3, 0.4) is 0 Å². The monoisotopic (exact) mass is 464 g/mol. The van der Waals surface area contributed by atoms with Crippen LogP contribution in [0.15, 0.2) is 113 Å². The highest BCUT2D eigenvalue weighted by Crippen LogP contribution is 2.27. The van der Waals surface area contributed by atoms with Gasteiger partial charge in [-0.15, -0.1) is 0 Å². The number of aryl methyl sites for hydroxylation is 1. The lowest BCUT2D eigenvalue weighted by atomic mass is 9.98. The first-order valence-corrected chi connectivity index (χ1v) is 12.1.